The number of carbonyl (C=O) groups is 2. The van der Waals surface area contributed by atoms with Gasteiger partial charge in [0.1, 0.15) is 22.6 Å². The number of aromatic nitrogens is 1. The number of amides is 1. The first-order valence-corrected chi connectivity index (χ1v) is 12.8. The zero-order chi connectivity index (χ0) is 25.1. The number of hydrogen-bond donors (Lipinski definition) is 2. The summed E-state index contributed by atoms with van der Waals surface area (Å²) >= 11 is 1.40. The molecule has 0 aliphatic heterocycles. The highest BCUT2D eigenvalue weighted by molar-refractivity contribution is 7.13. The van der Waals surface area contributed by atoms with E-state index < -0.39 is 12.1 Å². The van der Waals surface area contributed by atoms with E-state index in [4.69, 9.17) is 14.3 Å². The van der Waals surface area contributed by atoms with Crippen LogP contribution in [0.25, 0.3) is 21.5 Å². The van der Waals surface area contributed by atoms with Gasteiger partial charge in [-0.25, -0.2) is 4.98 Å². The van der Waals surface area contributed by atoms with Crippen LogP contribution in [0.15, 0.2) is 33.0 Å². The maximum Gasteiger partial charge on any atom is 0.306 e. The van der Waals surface area contributed by atoms with Crippen LogP contribution in [0.3, 0.4) is 0 Å². The number of fused-ring (bicyclic) bond motifs is 1. The van der Waals surface area contributed by atoms with Gasteiger partial charge in [0.05, 0.1) is 16.9 Å². The summed E-state index contributed by atoms with van der Waals surface area (Å²) in [5.41, 5.74) is 2.33. The summed E-state index contributed by atoms with van der Waals surface area (Å²) in [6.07, 6.45) is 4.18. The minimum atomic E-state index is -0.739. The van der Waals surface area contributed by atoms with Crippen LogP contribution in [-0.4, -0.2) is 34.6 Å². The van der Waals surface area contributed by atoms with Crippen LogP contribution in [-0.2, 0) is 16.0 Å². The number of rotatable bonds is 8. The number of carboxylic acids is 1. The van der Waals surface area contributed by atoms with Gasteiger partial charge in [0.25, 0.3) is 5.91 Å². The molecular weight excluding hydrogens is 468 g/mol. The molecule has 1 fully saturated rings. The fourth-order valence-corrected chi connectivity index (χ4v) is 5.26. The minimum absolute atomic E-state index is 0.148. The normalized spacial score (nSPS) is 18.8. The lowest BCUT2D eigenvalue weighted by Crippen LogP contribution is -2.39. The van der Waals surface area contributed by atoms with E-state index in [2.05, 4.69) is 10.3 Å². The van der Waals surface area contributed by atoms with E-state index in [1.54, 1.807) is 19.1 Å². The molecule has 8 nitrogen and oxygen atoms in total. The van der Waals surface area contributed by atoms with Crippen LogP contribution in [0.5, 0.6) is 5.75 Å². The van der Waals surface area contributed by atoms with Crippen molar-refractivity contribution in [3.8, 4) is 16.3 Å². The third kappa shape index (κ3) is 5.56. The van der Waals surface area contributed by atoms with Crippen LogP contribution in [0, 0.1) is 18.8 Å². The molecule has 1 unspecified atom stereocenters. The Balaban J connectivity index is 1.45. The largest absolute Gasteiger partial charge is 0.481 e. The van der Waals surface area contributed by atoms with Gasteiger partial charge >= 0.3 is 5.97 Å². The predicted octanol–water partition coefficient (Wildman–Crippen LogP) is 4.56. The molecule has 2 N–H and O–H groups in total. The molecule has 1 aliphatic carbocycles. The molecule has 0 bridgehead atoms. The molecule has 2 heterocycles. The van der Waals surface area contributed by atoms with E-state index in [1.807, 2.05) is 19.2 Å². The van der Waals surface area contributed by atoms with Crippen LogP contribution in [0.1, 0.15) is 50.8 Å². The number of aliphatic carboxylic acids is 1. The van der Waals surface area contributed by atoms with Crippen LogP contribution in [0.4, 0.5) is 0 Å². The number of nitrogens with zero attached hydrogens (tertiary/aromatic N) is 1. The minimum Gasteiger partial charge on any atom is -0.481 e. The lowest BCUT2D eigenvalue weighted by Gasteiger charge is -2.26. The Morgan fingerprint density at radius 1 is 1.29 bits per heavy atom. The number of carboxylic acid groups (broad SMARTS) is 1. The highest BCUT2D eigenvalue weighted by atomic mass is 32.1. The second-order valence-electron chi connectivity index (χ2n) is 9.14. The number of thiazole rings is 1. The topological polar surface area (TPSA) is 119 Å². The molecule has 1 aromatic carbocycles. The molecule has 0 spiro atoms. The van der Waals surface area contributed by atoms with Gasteiger partial charge in [0, 0.05) is 23.7 Å². The number of hydrogen-bond acceptors (Lipinski definition) is 7. The summed E-state index contributed by atoms with van der Waals surface area (Å²) < 4.78 is 11.8. The lowest BCUT2D eigenvalue weighted by atomic mass is 9.82. The SMILES string of the molecule is CCc1cc2c(=O)c(-c3nc(C)cs3)coc2cc1OC(C)C(=O)NCC1CCC(C(=O)O)CC1. The molecule has 35 heavy (non-hydrogen) atoms. The molecule has 9 heteroatoms. The predicted molar refractivity (Wildman–Crippen MR) is 134 cm³/mol. The standard InChI is InChI=1S/C26H30N2O6S/c1-4-17-9-19-22(33-12-20(23(19)29)25-28-14(2)13-35-25)10-21(17)34-15(3)24(30)27-11-16-5-7-18(8-6-16)26(31)32/h9-10,12-13,15-16,18H,4-8,11H2,1-3H3,(H,27,30)(H,31,32). The van der Waals surface area contributed by atoms with Gasteiger partial charge in [-0.05, 0) is 63.5 Å². The Morgan fingerprint density at radius 3 is 2.66 bits per heavy atom. The molecule has 186 valence electrons. The number of nitrogens with one attached hydrogen (secondary N) is 1. The first-order chi connectivity index (χ1) is 16.8. The number of carbonyl (C=O) groups excluding carboxylic acids is 1. The zero-order valence-corrected chi connectivity index (χ0v) is 20.9. The van der Waals surface area contributed by atoms with Gasteiger partial charge in [-0.15, -0.1) is 11.3 Å². The van der Waals surface area contributed by atoms with Gasteiger partial charge in [-0.2, -0.15) is 0 Å². The van der Waals surface area contributed by atoms with Gasteiger partial charge in [-0.1, -0.05) is 6.92 Å². The fourth-order valence-electron chi connectivity index (χ4n) is 4.46. The second-order valence-corrected chi connectivity index (χ2v) is 10.0. The molecule has 1 saturated carbocycles. The summed E-state index contributed by atoms with van der Waals surface area (Å²) in [6, 6.07) is 3.44. The van der Waals surface area contributed by atoms with Crippen LogP contribution < -0.4 is 15.5 Å². The van der Waals surface area contributed by atoms with Gasteiger partial charge in [-0.3, -0.25) is 14.4 Å². The number of aryl methyl sites for hydroxylation is 2. The first kappa shape index (κ1) is 24.9. The summed E-state index contributed by atoms with van der Waals surface area (Å²) in [4.78, 5) is 41.3. The molecule has 4 rings (SSSR count). The molecule has 2 aromatic heterocycles. The van der Waals surface area contributed by atoms with Crippen molar-refractivity contribution in [2.24, 2.45) is 11.8 Å². The Kier molecular flexibility index (Phi) is 7.54. The Hall–Kier alpha value is -3.20. The lowest BCUT2D eigenvalue weighted by molar-refractivity contribution is -0.143. The van der Waals surface area contributed by atoms with Crippen molar-refractivity contribution >= 4 is 34.2 Å². The van der Waals surface area contributed by atoms with Gasteiger partial charge in [0.15, 0.2) is 6.10 Å². The van der Waals surface area contributed by atoms with Crippen molar-refractivity contribution in [2.45, 2.75) is 59.0 Å². The van der Waals surface area contributed by atoms with Crippen molar-refractivity contribution in [2.75, 3.05) is 6.54 Å². The highest BCUT2D eigenvalue weighted by Crippen LogP contribution is 2.30. The second kappa shape index (κ2) is 10.6. The summed E-state index contributed by atoms with van der Waals surface area (Å²) in [5, 5.41) is 15.0. The summed E-state index contributed by atoms with van der Waals surface area (Å²) in [7, 11) is 0. The third-order valence-electron chi connectivity index (χ3n) is 6.62. The summed E-state index contributed by atoms with van der Waals surface area (Å²) in [5.74, 6) is -0.457. The van der Waals surface area contributed by atoms with Crippen LogP contribution >= 0.6 is 11.3 Å². The van der Waals surface area contributed by atoms with Crippen LogP contribution in [0.2, 0.25) is 0 Å². The summed E-state index contributed by atoms with van der Waals surface area (Å²) in [6.45, 7) is 6.03. The molecule has 3 aromatic rings. The van der Waals surface area contributed by atoms with E-state index in [0.717, 1.165) is 24.1 Å². The molecule has 0 saturated heterocycles. The Bertz CT molecular complexity index is 1290. The fraction of sp³-hybridized carbons (Fsp3) is 0.462. The highest BCUT2D eigenvalue weighted by Gasteiger charge is 2.27. The molecule has 1 amide bonds. The molecule has 1 aliphatic rings. The molecule has 1 atom stereocenters. The van der Waals surface area contributed by atoms with E-state index in [-0.39, 0.29) is 23.2 Å². The van der Waals surface area contributed by atoms with Gasteiger partial charge in [0.2, 0.25) is 5.43 Å². The zero-order valence-electron chi connectivity index (χ0n) is 20.1. The van der Waals surface area contributed by atoms with Crippen molar-refractivity contribution in [3.63, 3.8) is 0 Å². The molecular formula is C26H30N2O6S. The van der Waals surface area contributed by atoms with Crippen molar-refractivity contribution in [3.05, 3.63) is 45.3 Å². The average Bonchev–Trinajstić information content (AvgIpc) is 3.28. The van der Waals surface area contributed by atoms with Crippen molar-refractivity contribution in [1.29, 1.82) is 0 Å². The van der Waals surface area contributed by atoms with E-state index in [9.17, 15) is 14.4 Å². The monoisotopic (exact) mass is 498 g/mol. The number of ether oxygens (including phenoxy) is 1. The maximum atomic E-state index is 13.1. The average molecular weight is 499 g/mol. The van der Waals surface area contributed by atoms with E-state index >= 15 is 0 Å². The van der Waals surface area contributed by atoms with E-state index in [1.165, 1.54) is 17.6 Å². The smallest absolute Gasteiger partial charge is 0.306 e. The van der Waals surface area contributed by atoms with Gasteiger partial charge < -0.3 is 19.6 Å². The van der Waals surface area contributed by atoms with E-state index in [0.29, 0.717) is 53.1 Å². The Labute approximate surface area is 207 Å². The third-order valence-corrected chi connectivity index (χ3v) is 7.61. The van der Waals surface area contributed by atoms with Crippen molar-refractivity contribution < 1.29 is 23.8 Å². The first-order valence-electron chi connectivity index (χ1n) is 11.9. The quantitative estimate of drug-likeness (QED) is 0.467. The number of benzene rings is 1. The maximum absolute atomic E-state index is 13.1. The Morgan fingerprint density at radius 2 is 2.03 bits per heavy atom. The molecule has 0 radical (unpaired) electrons. The van der Waals surface area contributed by atoms with Crippen molar-refractivity contribution in [1.82, 2.24) is 10.3 Å².